The number of carbonyl (C=O) groups excluding carboxylic acids is 3. The number of hydrogen-bond acceptors (Lipinski definition) is 12. The van der Waals surface area contributed by atoms with Crippen LogP contribution in [0.3, 0.4) is 0 Å². The molecule has 0 aromatic carbocycles. The van der Waals surface area contributed by atoms with Crippen molar-refractivity contribution in [1.82, 2.24) is 0 Å². The zero-order valence-electron chi connectivity index (χ0n) is 29.3. The highest BCUT2D eigenvalue weighted by atomic mass is 16.7. The van der Waals surface area contributed by atoms with E-state index in [1.807, 2.05) is 6.08 Å². The summed E-state index contributed by atoms with van der Waals surface area (Å²) < 4.78 is 54.0. The number of hydrogen-bond donors (Lipinski definition) is 0. The number of allylic oxidation sites excluding steroid dienone is 2. The standard InChI is InChI=1S/C36H48O12/c1-12-14-21-18-32(41-4)23(17-24(21)34(43-6,44-7)29(32)38)16-22-19-33(42-5)30(39)35(45-8,46-9)26(22)27-31(33,15-13-2)20-25(40-3)28(37)36(27,47-10)48-11/h12-13,18-20,23-24,26-27H,1-2,14-17H2,3-11H3. The van der Waals surface area contributed by atoms with Crippen LogP contribution in [0, 0.1) is 29.1 Å². The summed E-state index contributed by atoms with van der Waals surface area (Å²) in [5.74, 6) is -9.85. The molecular formula is C36H48O12. The van der Waals surface area contributed by atoms with Crippen molar-refractivity contribution in [3.05, 3.63) is 60.4 Å². The molecule has 264 valence electrons. The van der Waals surface area contributed by atoms with Crippen molar-refractivity contribution >= 4 is 17.3 Å². The smallest absolute Gasteiger partial charge is 0.256 e. The van der Waals surface area contributed by atoms with Crippen LogP contribution >= 0.6 is 0 Å². The lowest BCUT2D eigenvalue weighted by Crippen LogP contribution is -2.81. The Balaban J connectivity index is 1.81. The van der Waals surface area contributed by atoms with Crippen LogP contribution in [0.4, 0.5) is 0 Å². The molecule has 12 heteroatoms. The minimum absolute atomic E-state index is 0.0483. The summed E-state index contributed by atoms with van der Waals surface area (Å²) in [6.45, 7) is 7.91. The van der Waals surface area contributed by atoms with Crippen LogP contribution in [-0.2, 0) is 57.0 Å². The highest BCUT2D eigenvalue weighted by Crippen LogP contribution is 2.70. The van der Waals surface area contributed by atoms with Crippen molar-refractivity contribution in [1.29, 1.82) is 0 Å². The van der Waals surface area contributed by atoms with Gasteiger partial charge in [0.15, 0.2) is 17.0 Å². The van der Waals surface area contributed by atoms with Crippen LogP contribution in [0.1, 0.15) is 25.7 Å². The lowest BCUT2D eigenvalue weighted by molar-refractivity contribution is -0.331. The van der Waals surface area contributed by atoms with E-state index >= 15 is 0 Å². The monoisotopic (exact) mass is 672 g/mol. The minimum Gasteiger partial charge on any atom is -0.493 e. The molecule has 0 saturated heterocycles. The van der Waals surface area contributed by atoms with Crippen LogP contribution in [0.5, 0.6) is 0 Å². The molecule has 2 fully saturated rings. The highest BCUT2D eigenvalue weighted by molar-refractivity contribution is 6.06. The summed E-state index contributed by atoms with van der Waals surface area (Å²) >= 11 is 0. The van der Waals surface area contributed by atoms with Gasteiger partial charge in [0.1, 0.15) is 0 Å². The van der Waals surface area contributed by atoms with Gasteiger partial charge in [-0.1, -0.05) is 23.3 Å². The van der Waals surface area contributed by atoms with Crippen molar-refractivity contribution in [2.75, 3.05) is 64.0 Å². The van der Waals surface area contributed by atoms with E-state index in [1.54, 1.807) is 24.3 Å². The molecule has 7 aliphatic carbocycles. The van der Waals surface area contributed by atoms with Gasteiger partial charge in [-0.25, -0.2) is 0 Å². The maximum absolute atomic E-state index is 14.9. The maximum Gasteiger partial charge on any atom is 0.256 e. The molecule has 0 radical (unpaired) electrons. The molecule has 4 bridgehead atoms. The highest BCUT2D eigenvalue weighted by Gasteiger charge is 2.82. The van der Waals surface area contributed by atoms with Gasteiger partial charge < -0.3 is 42.6 Å². The normalized spacial score (nSPS) is 37.0. The fourth-order valence-electron chi connectivity index (χ4n) is 9.98. The topological polar surface area (TPSA) is 134 Å². The summed E-state index contributed by atoms with van der Waals surface area (Å²) in [5, 5.41) is 0. The molecule has 0 heterocycles. The molecular weight excluding hydrogens is 624 g/mol. The van der Waals surface area contributed by atoms with Gasteiger partial charge in [-0.15, -0.1) is 13.2 Å². The Morgan fingerprint density at radius 3 is 1.79 bits per heavy atom. The number of ketones is 3. The van der Waals surface area contributed by atoms with Gasteiger partial charge in [-0.3, -0.25) is 14.4 Å². The second kappa shape index (κ2) is 12.5. The minimum atomic E-state index is -1.97. The van der Waals surface area contributed by atoms with Crippen LogP contribution < -0.4 is 0 Å². The van der Waals surface area contributed by atoms with Gasteiger partial charge in [0, 0.05) is 80.0 Å². The molecule has 0 amide bonds. The first-order chi connectivity index (χ1) is 22.9. The molecule has 12 nitrogen and oxygen atoms in total. The van der Waals surface area contributed by atoms with Crippen molar-refractivity contribution in [2.24, 2.45) is 29.1 Å². The maximum atomic E-state index is 14.9. The van der Waals surface area contributed by atoms with Crippen LogP contribution in [0.2, 0.25) is 0 Å². The lowest BCUT2D eigenvalue weighted by Gasteiger charge is -2.68. The van der Waals surface area contributed by atoms with Gasteiger partial charge in [0.05, 0.1) is 13.0 Å². The molecule has 0 N–H and O–H groups in total. The van der Waals surface area contributed by atoms with Gasteiger partial charge >= 0.3 is 0 Å². The predicted octanol–water partition coefficient (Wildman–Crippen LogP) is 3.27. The molecule has 0 aromatic rings. The van der Waals surface area contributed by atoms with Crippen LogP contribution in [0.15, 0.2) is 60.4 Å². The van der Waals surface area contributed by atoms with Gasteiger partial charge in [0.25, 0.3) is 5.78 Å². The number of rotatable bonds is 15. The molecule has 0 aromatic heterocycles. The van der Waals surface area contributed by atoms with Crippen molar-refractivity contribution in [3.63, 3.8) is 0 Å². The van der Waals surface area contributed by atoms with E-state index in [1.165, 1.54) is 64.0 Å². The zero-order chi connectivity index (χ0) is 35.5. The Morgan fingerprint density at radius 1 is 0.708 bits per heavy atom. The van der Waals surface area contributed by atoms with Gasteiger partial charge in [0.2, 0.25) is 28.9 Å². The van der Waals surface area contributed by atoms with Crippen LogP contribution in [-0.4, -0.2) is 110 Å². The Hall–Kier alpha value is -2.81. The molecule has 7 aliphatic rings. The molecule has 2 saturated carbocycles. The first-order valence-electron chi connectivity index (χ1n) is 15.9. The first-order valence-corrected chi connectivity index (χ1v) is 15.9. The largest absolute Gasteiger partial charge is 0.493 e. The molecule has 7 rings (SSSR count). The van der Waals surface area contributed by atoms with E-state index in [9.17, 15) is 14.4 Å². The molecule has 0 aliphatic heterocycles. The Bertz CT molecular complexity index is 1460. The number of Topliss-reactive ketones (excluding diaryl/α,β-unsaturated/α-hetero) is 3. The summed E-state index contributed by atoms with van der Waals surface area (Å²) in [4.78, 5) is 43.6. The van der Waals surface area contributed by atoms with E-state index in [0.29, 0.717) is 18.4 Å². The third-order valence-electron chi connectivity index (χ3n) is 11.9. The van der Waals surface area contributed by atoms with E-state index < -0.39 is 69.2 Å². The average molecular weight is 673 g/mol. The number of fused-ring (bicyclic) bond motifs is 3. The van der Waals surface area contributed by atoms with E-state index in [4.69, 9.17) is 42.6 Å². The van der Waals surface area contributed by atoms with E-state index in [-0.39, 0.29) is 24.4 Å². The summed E-state index contributed by atoms with van der Waals surface area (Å²) in [7, 11) is 12.7. The SMILES string of the molecule is C=CCC1=CC2(OC)C(=O)C(OC)(OC)C1CC2CC1=CC2(OC)C(=O)C(OC)(OC)C1C1C(OC)(OC)C(=O)C(OC)=CC12CC=C. The number of methoxy groups -OCH3 is 9. The average Bonchev–Trinajstić information content (AvgIpc) is 3.10. The fourth-order valence-corrected chi connectivity index (χ4v) is 9.98. The number of carbonyl (C=O) groups is 3. The third-order valence-corrected chi connectivity index (χ3v) is 11.9. The Kier molecular flexibility index (Phi) is 9.50. The Labute approximate surface area is 282 Å². The molecule has 7 atom stereocenters. The third kappa shape index (κ3) is 4.03. The molecule has 0 spiro atoms. The van der Waals surface area contributed by atoms with E-state index in [2.05, 4.69) is 13.2 Å². The van der Waals surface area contributed by atoms with Crippen molar-refractivity contribution < 1.29 is 57.0 Å². The second-order valence-corrected chi connectivity index (χ2v) is 13.0. The van der Waals surface area contributed by atoms with E-state index in [0.717, 1.165) is 5.57 Å². The van der Waals surface area contributed by atoms with Crippen molar-refractivity contribution in [2.45, 2.75) is 54.2 Å². The fraction of sp³-hybridized carbons (Fsp3) is 0.639. The first kappa shape index (κ1) is 36.5. The summed E-state index contributed by atoms with van der Waals surface area (Å²) in [6.07, 6.45) is 10.0. The summed E-state index contributed by atoms with van der Waals surface area (Å²) in [6, 6.07) is 0. The van der Waals surface area contributed by atoms with Gasteiger partial charge in [-0.2, -0.15) is 0 Å². The predicted molar refractivity (Wildman–Crippen MR) is 171 cm³/mol. The Morgan fingerprint density at radius 2 is 1.31 bits per heavy atom. The second-order valence-electron chi connectivity index (χ2n) is 13.0. The molecule has 7 unspecified atom stereocenters. The molecule has 48 heavy (non-hydrogen) atoms. The zero-order valence-corrected chi connectivity index (χ0v) is 29.3. The lowest BCUT2D eigenvalue weighted by atomic mass is 9.41. The van der Waals surface area contributed by atoms with Gasteiger partial charge in [-0.05, 0) is 43.9 Å². The number of ether oxygens (including phenoxy) is 9. The summed E-state index contributed by atoms with van der Waals surface area (Å²) in [5.41, 5.74) is -3.01. The quantitative estimate of drug-likeness (QED) is 0.187. The van der Waals surface area contributed by atoms with Crippen LogP contribution in [0.25, 0.3) is 0 Å². The van der Waals surface area contributed by atoms with Crippen molar-refractivity contribution in [3.8, 4) is 0 Å².